The van der Waals surface area contributed by atoms with Crippen molar-refractivity contribution >= 4 is 37.2 Å². The van der Waals surface area contributed by atoms with Gasteiger partial charge in [-0.2, -0.15) is 9.97 Å². The van der Waals surface area contributed by atoms with E-state index < -0.39 is 21.4 Å². The SMILES string of the molecule is CCc1c(F)ccc2cc(O)cc(-c3nc4c5c(nc(OCC6(CN7CCS(=N)(=O)CC7)CC6)nc5c3F)N3C[C@H]5CC[C@H](N5)[C@H]3[C@H](C)O4)c12. The molecule has 264 valence electrons. The van der Waals surface area contributed by atoms with Crippen molar-refractivity contribution in [3.8, 4) is 28.9 Å². The monoisotopic (exact) mass is 705 g/mol. The van der Waals surface area contributed by atoms with Crippen LogP contribution in [0.3, 0.4) is 0 Å². The van der Waals surface area contributed by atoms with Gasteiger partial charge in [0.1, 0.15) is 40.1 Å². The molecule has 4 fully saturated rings. The predicted molar refractivity (Wildman–Crippen MR) is 187 cm³/mol. The zero-order valence-corrected chi connectivity index (χ0v) is 29.0. The lowest BCUT2D eigenvalue weighted by Crippen LogP contribution is -2.62. The summed E-state index contributed by atoms with van der Waals surface area (Å²) in [6.45, 7) is 6.87. The molecule has 3 saturated heterocycles. The molecule has 4 atom stereocenters. The van der Waals surface area contributed by atoms with E-state index in [0.29, 0.717) is 71.7 Å². The number of aromatic hydroxyl groups is 1. The van der Waals surface area contributed by atoms with Gasteiger partial charge in [-0.15, -0.1) is 0 Å². The number of pyridine rings is 1. The van der Waals surface area contributed by atoms with E-state index in [1.807, 2.05) is 13.8 Å². The molecule has 11 nitrogen and oxygen atoms in total. The van der Waals surface area contributed by atoms with Crippen LogP contribution in [0.25, 0.3) is 32.9 Å². The van der Waals surface area contributed by atoms with Gasteiger partial charge in [0.15, 0.2) is 5.82 Å². The van der Waals surface area contributed by atoms with E-state index in [4.69, 9.17) is 29.2 Å². The first-order valence-corrected chi connectivity index (χ1v) is 19.6. The van der Waals surface area contributed by atoms with Crippen LogP contribution in [0.4, 0.5) is 14.6 Å². The Kier molecular flexibility index (Phi) is 7.42. The van der Waals surface area contributed by atoms with Crippen LogP contribution in [-0.2, 0) is 16.1 Å². The Morgan fingerprint density at radius 3 is 2.70 bits per heavy atom. The third-order valence-corrected chi connectivity index (χ3v) is 13.2. The van der Waals surface area contributed by atoms with E-state index in [1.165, 1.54) is 12.1 Å². The molecule has 4 aromatic rings. The number of ether oxygens (including phenoxy) is 2. The van der Waals surface area contributed by atoms with E-state index in [0.717, 1.165) is 32.2 Å². The highest BCUT2D eigenvalue weighted by Crippen LogP contribution is 2.48. The van der Waals surface area contributed by atoms with E-state index >= 15 is 8.78 Å². The van der Waals surface area contributed by atoms with Gasteiger partial charge >= 0.3 is 6.01 Å². The molecule has 5 aliphatic rings. The van der Waals surface area contributed by atoms with Crippen molar-refractivity contribution in [1.29, 1.82) is 4.78 Å². The van der Waals surface area contributed by atoms with Crippen molar-refractivity contribution in [3.63, 3.8) is 0 Å². The van der Waals surface area contributed by atoms with Crippen molar-refractivity contribution in [1.82, 2.24) is 25.2 Å². The lowest BCUT2D eigenvalue weighted by atomic mass is 9.94. The number of hydrogen-bond donors (Lipinski definition) is 3. The van der Waals surface area contributed by atoms with Crippen LogP contribution < -0.4 is 19.7 Å². The van der Waals surface area contributed by atoms with E-state index in [2.05, 4.69) is 15.1 Å². The van der Waals surface area contributed by atoms with Gasteiger partial charge in [-0.25, -0.2) is 18.0 Å². The average Bonchev–Trinajstić information content (AvgIpc) is 3.78. The smallest absolute Gasteiger partial charge is 0.319 e. The number of nitrogens with one attached hydrogen (secondary N) is 2. The number of hydrogen-bond acceptors (Lipinski definition) is 11. The fraction of sp³-hybridized carbons (Fsp3) is 0.528. The first kappa shape index (κ1) is 32.1. The molecule has 4 aliphatic heterocycles. The minimum Gasteiger partial charge on any atom is -0.508 e. The summed E-state index contributed by atoms with van der Waals surface area (Å²) in [6, 6.07) is 6.29. The number of piperazine rings is 1. The number of rotatable bonds is 7. The summed E-state index contributed by atoms with van der Waals surface area (Å²) in [4.78, 5) is 18.9. The number of aryl methyl sites for hydroxylation is 1. The molecule has 2 aromatic heterocycles. The van der Waals surface area contributed by atoms with Gasteiger partial charge in [-0.05, 0) is 73.6 Å². The fourth-order valence-corrected chi connectivity index (χ4v) is 10.0. The van der Waals surface area contributed by atoms with Crippen LogP contribution in [0.15, 0.2) is 24.3 Å². The highest BCUT2D eigenvalue weighted by molar-refractivity contribution is 7.92. The maximum absolute atomic E-state index is 17.2. The second-order valence-electron chi connectivity index (χ2n) is 14.9. The molecule has 9 rings (SSSR count). The maximum atomic E-state index is 17.2. The molecule has 1 saturated carbocycles. The highest BCUT2D eigenvalue weighted by atomic mass is 32.2. The minimum absolute atomic E-state index is 0.000702. The van der Waals surface area contributed by atoms with Crippen molar-refractivity contribution in [2.24, 2.45) is 5.41 Å². The zero-order chi connectivity index (χ0) is 34.5. The summed E-state index contributed by atoms with van der Waals surface area (Å²) in [7, 11) is -2.49. The van der Waals surface area contributed by atoms with Crippen molar-refractivity contribution in [3.05, 3.63) is 41.5 Å². The topological polar surface area (TPSA) is 137 Å². The van der Waals surface area contributed by atoms with E-state index in [9.17, 15) is 9.32 Å². The standard InChI is InChI=1S/C36H41F2N7O4S/c1-3-23-25(37)6-4-20-14-22(46)15-24(27(20)23)30-29(38)31-28-33(45-16-21-5-7-26(40-21)32(45)19(2)49-34(28)41-30)43-35(42-31)48-18-36(8-9-36)17-44-10-12-50(39,47)13-11-44/h4,6,14-15,19,21,26,32,39-40,46H,3,5,7-13,16-18H2,1-2H3/t19-,21+,26-,32+/m0/s1. The molecule has 2 aromatic carbocycles. The Hall–Kier alpha value is -3.88. The third kappa shape index (κ3) is 5.32. The lowest BCUT2D eigenvalue weighted by Gasteiger charge is -2.42. The van der Waals surface area contributed by atoms with Gasteiger partial charge in [-0.1, -0.05) is 13.0 Å². The molecular formula is C36H41F2N7O4S. The molecule has 1 aliphatic carbocycles. The first-order valence-electron chi connectivity index (χ1n) is 17.7. The third-order valence-electron chi connectivity index (χ3n) is 11.5. The van der Waals surface area contributed by atoms with Crippen LogP contribution in [-0.4, -0.2) is 97.7 Å². The van der Waals surface area contributed by atoms with E-state index in [-0.39, 0.29) is 64.1 Å². The molecule has 2 bridgehead atoms. The second-order valence-corrected chi connectivity index (χ2v) is 17.3. The van der Waals surface area contributed by atoms with Gasteiger partial charge in [0.25, 0.3) is 0 Å². The molecule has 50 heavy (non-hydrogen) atoms. The average molecular weight is 706 g/mol. The van der Waals surface area contributed by atoms with Crippen LogP contribution in [0.2, 0.25) is 0 Å². The number of aromatic nitrogens is 3. The Morgan fingerprint density at radius 2 is 1.94 bits per heavy atom. The van der Waals surface area contributed by atoms with Crippen LogP contribution in [0, 0.1) is 21.8 Å². The normalized spacial score (nSPS) is 26.4. The largest absolute Gasteiger partial charge is 0.508 e. The summed E-state index contributed by atoms with van der Waals surface area (Å²) < 4.78 is 65.5. The van der Waals surface area contributed by atoms with Crippen LogP contribution in [0.5, 0.6) is 17.6 Å². The fourth-order valence-electron chi connectivity index (χ4n) is 8.71. The van der Waals surface area contributed by atoms with Gasteiger partial charge in [0, 0.05) is 70.5 Å². The highest BCUT2D eigenvalue weighted by Gasteiger charge is 2.48. The van der Waals surface area contributed by atoms with Gasteiger partial charge in [-0.3, -0.25) is 4.78 Å². The lowest BCUT2D eigenvalue weighted by molar-refractivity contribution is 0.154. The summed E-state index contributed by atoms with van der Waals surface area (Å²) in [5.41, 5.74) is 0.448. The van der Waals surface area contributed by atoms with Crippen LogP contribution >= 0.6 is 0 Å². The summed E-state index contributed by atoms with van der Waals surface area (Å²) in [6.07, 6.45) is 3.95. The van der Waals surface area contributed by atoms with E-state index in [1.54, 1.807) is 12.1 Å². The number of anilines is 1. The molecule has 0 amide bonds. The number of nitrogens with zero attached hydrogens (tertiary/aromatic N) is 5. The number of halogens is 2. The summed E-state index contributed by atoms with van der Waals surface area (Å²) >= 11 is 0. The predicted octanol–water partition coefficient (Wildman–Crippen LogP) is 5.00. The van der Waals surface area contributed by atoms with Crippen molar-refractivity contribution < 1.29 is 27.6 Å². The molecule has 0 spiro atoms. The molecule has 0 radical (unpaired) electrons. The summed E-state index contributed by atoms with van der Waals surface area (Å²) in [5.74, 6) is 0.249. The van der Waals surface area contributed by atoms with Gasteiger partial charge in [0.05, 0.1) is 12.6 Å². The Labute approximate surface area is 289 Å². The number of fused-ring (bicyclic) bond motifs is 6. The summed E-state index contributed by atoms with van der Waals surface area (Å²) in [5, 5.41) is 15.9. The Bertz CT molecular complexity index is 2150. The maximum Gasteiger partial charge on any atom is 0.319 e. The number of benzene rings is 2. The van der Waals surface area contributed by atoms with Crippen molar-refractivity contribution in [2.45, 2.75) is 70.2 Å². The molecule has 3 N–H and O–H groups in total. The van der Waals surface area contributed by atoms with Gasteiger partial charge < -0.3 is 29.7 Å². The first-order chi connectivity index (χ1) is 24.0. The number of phenols is 1. The minimum atomic E-state index is -2.49. The Balaban J connectivity index is 1.17. The quantitative estimate of drug-likeness (QED) is 0.241. The second kappa shape index (κ2) is 11.6. The molecule has 6 heterocycles. The Morgan fingerprint density at radius 1 is 1.14 bits per heavy atom. The molecule has 14 heteroatoms. The van der Waals surface area contributed by atoms with Gasteiger partial charge in [0.2, 0.25) is 5.88 Å². The number of phenolic OH excluding ortho intramolecular Hbond substituents is 1. The van der Waals surface area contributed by atoms with Crippen molar-refractivity contribution in [2.75, 3.05) is 49.2 Å². The van der Waals surface area contributed by atoms with Crippen LogP contribution in [0.1, 0.15) is 45.1 Å². The molecular weight excluding hydrogens is 665 g/mol. The molecule has 0 unspecified atom stereocenters. The zero-order valence-electron chi connectivity index (χ0n) is 28.2.